The van der Waals surface area contributed by atoms with Crippen LogP contribution in [0.2, 0.25) is 0 Å². The molecular weight excluding hydrogens is 381 g/mol. The molecule has 0 saturated heterocycles. The quantitative estimate of drug-likeness (QED) is 0.622. The van der Waals surface area contributed by atoms with Crippen LogP contribution in [0.15, 0.2) is 53.7 Å². The average molecular weight is 405 g/mol. The molecule has 0 amide bonds. The van der Waals surface area contributed by atoms with Crippen molar-refractivity contribution in [3.63, 3.8) is 0 Å². The fourth-order valence-corrected chi connectivity index (χ4v) is 4.50. The van der Waals surface area contributed by atoms with Crippen LogP contribution in [0.4, 0.5) is 15.9 Å². The summed E-state index contributed by atoms with van der Waals surface area (Å²) in [4.78, 5) is 8.60. The molecule has 5 N–H and O–H groups in total. The van der Waals surface area contributed by atoms with E-state index in [1.807, 2.05) is 30.0 Å². The molecule has 8 heteroatoms. The van der Waals surface area contributed by atoms with Gasteiger partial charge < -0.3 is 21.3 Å². The second-order valence-corrected chi connectivity index (χ2v) is 7.96. The lowest BCUT2D eigenvalue weighted by Crippen LogP contribution is -2.56. The van der Waals surface area contributed by atoms with E-state index in [0.29, 0.717) is 30.4 Å². The van der Waals surface area contributed by atoms with Gasteiger partial charge in [-0.25, -0.2) is 4.39 Å². The van der Waals surface area contributed by atoms with E-state index in [2.05, 4.69) is 32.2 Å². The number of aliphatic imine (C=N–C) groups is 1. The Morgan fingerprint density at radius 3 is 2.93 bits per heavy atom. The molecule has 3 aromatic rings. The maximum Gasteiger partial charge on any atom is 0.199 e. The number of H-pyrrole nitrogens is 1. The smallest absolute Gasteiger partial charge is 0.199 e. The highest BCUT2D eigenvalue weighted by atomic mass is 19.1. The van der Waals surface area contributed by atoms with Gasteiger partial charge in [0.25, 0.3) is 0 Å². The summed E-state index contributed by atoms with van der Waals surface area (Å²) in [6.07, 6.45) is 2.03. The Morgan fingerprint density at radius 2 is 2.07 bits per heavy atom. The van der Waals surface area contributed by atoms with Gasteiger partial charge in [0.1, 0.15) is 12.0 Å². The number of hydrogen-bond acceptors (Lipinski definition) is 6. The maximum atomic E-state index is 14.5. The Bertz CT molecular complexity index is 1120. The van der Waals surface area contributed by atoms with Crippen LogP contribution in [0.1, 0.15) is 28.4 Å². The Kier molecular flexibility index (Phi) is 4.43. The van der Waals surface area contributed by atoms with E-state index in [1.54, 1.807) is 12.3 Å². The predicted molar refractivity (Wildman–Crippen MR) is 115 cm³/mol. The number of aromatic nitrogens is 2. The average Bonchev–Trinajstić information content (AvgIpc) is 3.19. The second-order valence-electron chi connectivity index (χ2n) is 7.96. The molecule has 0 aliphatic carbocycles. The summed E-state index contributed by atoms with van der Waals surface area (Å²) in [5, 5.41) is 6.88. The van der Waals surface area contributed by atoms with Gasteiger partial charge in [0.2, 0.25) is 0 Å². The zero-order valence-electron chi connectivity index (χ0n) is 16.7. The third-order valence-corrected chi connectivity index (χ3v) is 5.93. The Hall–Kier alpha value is -3.39. The summed E-state index contributed by atoms with van der Waals surface area (Å²) in [5.41, 5.74) is 17.7. The summed E-state index contributed by atoms with van der Waals surface area (Å²) >= 11 is 0. The molecule has 2 atom stereocenters. The van der Waals surface area contributed by atoms with Crippen LogP contribution >= 0.6 is 0 Å². The number of halogens is 1. The normalized spacial score (nSPS) is 20.6. The molecule has 0 fully saturated rings. The lowest BCUT2D eigenvalue weighted by atomic mass is 9.95. The van der Waals surface area contributed by atoms with Crippen LogP contribution in [0.5, 0.6) is 0 Å². The topological polar surface area (TPSA) is 99.6 Å². The van der Waals surface area contributed by atoms with Crippen LogP contribution in [0.3, 0.4) is 0 Å². The molecule has 1 aromatic heterocycles. The molecule has 0 bridgehead atoms. The Morgan fingerprint density at radius 1 is 1.23 bits per heavy atom. The molecule has 0 radical (unpaired) electrons. The highest BCUT2D eigenvalue weighted by Gasteiger charge is 2.36. The molecule has 2 aliphatic rings. The van der Waals surface area contributed by atoms with Crippen LogP contribution < -0.4 is 16.4 Å². The monoisotopic (exact) mass is 405 g/mol. The van der Waals surface area contributed by atoms with Gasteiger partial charge in [-0.2, -0.15) is 10.1 Å². The first-order valence-electron chi connectivity index (χ1n) is 10.0. The molecule has 30 heavy (non-hydrogen) atoms. The van der Waals surface area contributed by atoms with Crippen LogP contribution in [-0.4, -0.2) is 33.6 Å². The van der Waals surface area contributed by atoms with Gasteiger partial charge in [0.05, 0.1) is 17.8 Å². The van der Waals surface area contributed by atoms with E-state index in [0.717, 1.165) is 23.2 Å². The molecule has 7 nitrogen and oxygen atoms in total. The molecule has 2 aromatic carbocycles. The number of nitrogens with one attached hydrogen (secondary N) is 1. The van der Waals surface area contributed by atoms with Crippen LogP contribution in [-0.2, 0) is 13.0 Å². The van der Waals surface area contributed by atoms with Crippen molar-refractivity contribution in [3.05, 3.63) is 76.7 Å². The number of rotatable bonds is 3. The van der Waals surface area contributed by atoms with Gasteiger partial charge in [0.15, 0.2) is 11.8 Å². The number of fused-ring (bicyclic) bond motifs is 2. The molecule has 0 spiro atoms. The number of anilines is 1. The van der Waals surface area contributed by atoms with Crippen molar-refractivity contribution >= 4 is 17.5 Å². The first kappa shape index (κ1) is 18.6. The van der Waals surface area contributed by atoms with E-state index >= 15 is 0 Å². The fraction of sp³-hybridized carbons (Fsp3) is 0.273. The van der Waals surface area contributed by atoms with Gasteiger partial charge in [-0.3, -0.25) is 5.10 Å². The van der Waals surface area contributed by atoms with Gasteiger partial charge in [-0.1, -0.05) is 35.9 Å². The van der Waals surface area contributed by atoms with Crippen LogP contribution in [0.25, 0.3) is 0 Å². The number of aryl methyl sites for hydroxylation is 1. The van der Waals surface area contributed by atoms with Gasteiger partial charge in [0, 0.05) is 24.3 Å². The summed E-state index contributed by atoms with van der Waals surface area (Å²) in [7, 11) is 0. The van der Waals surface area contributed by atoms with E-state index in [9.17, 15) is 4.39 Å². The SMILES string of the molecule is Cc1ccc(F)c(CN2CC(N3C(N)=Nc4[nH]ncc4C3N)Cc3ccccc32)c1. The largest absolute Gasteiger partial charge is 0.369 e. The highest BCUT2D eigenvalue weighted by Crippen LogP contribution is 2.35. The zero-order valence-corrected chi connectivity index (χ0v) is 16.7. The second kappa shape index (κ2) is 7.14. The van der Waals surface area contributed by atoms with Crippen molar-refractivity contribution in [2.75, 3.05) is 11.4 Å². The number of nitrogens with zero attached hydrogens (tertiary/aromatic N) is 4. The molecule has 3 heterocycles. The molecule has 2 aliphatic heterocycles. The van der Waals surface area contributed by atoms with Crippen molar-refractivity contribution < 1.29 is 4.39 Å². The lowest BCUT2D eigenvalue weighted by molar-refractivity contribution is 0.228. The predicted octanol–water partition coefficient (Wildman–Crippen LogP) is 2.71. The number of nitrogens with two attached hydrogens (primary N) is 2. The first-order chi connectivity index (χ1) is 14.5. The maximum absolute atomic E-state index is 14.5. The fourth-order valence-electron chi connectivity index (χ4n) is 4.50. The Labute approximate surface area is 174 Å². The number of para-hydroxylation sites is 1. The Balaban J connectivity index is 1.50. The minimum atomic E-state index is -0.441. The summed E-state index contributed by atoms with van der Waals surface area (Å²) in [5.74, 6) is 0.774. The molecule has 154 valence electrons. The van der Waals surface area contributed by atoms with E-state index in [1.165, 1.54) is 11.6 Å². The third kappa shape index (κ3) is 3.09. The minimum absolute atomic E-state index is 0.00503. The molecule has 0 saturated carbocycles. The summed E-state index contributed by atoms with van der Waals surface area (Å²) in [6.45, 7) is 3.10. The first-order valence-corrected chi connectivity index (χ1v) is 10.0. The van der Waals surface area contributed by atoms with Crippen molar-refractivity contribution in [2.24, 2.45) is 16.5 Å². The van der Waals surface area contributed by atoms with E-state index in [-0.39, 0.29) is 11.9 Å². The van der Waals surface area contributed by atoms with Gasteiger partial charge >= 0.3 is 0 Å². The minimum Gasteiger partial charge on any atom is -0.369 e. The van der Waals surface area contributed by atoms with Gasteiger partial charge in [-0.05, 0) is 31.0 Å². The van der Waals surface area contributed by atoms with Crippen molar-refractivity contribution in [2.45, 2.75) is 32.1 Å². The standard InChI is InChI=1S/C22H24FN7/c1-13-6-7-18(23)15(8-13)11-29-12-16(9-14-4-2-3-5-19(14)29)30-20(24)17-10-26-28-21(17)27-22(30)25/h2-8,10,16,20H,9,11-12,24H2,1H3,(H3,25,26,27,28). The van der Waals surface area contributed by atoms with E-state index in [4.69, 9.17) is 11.5 Å². The number of guanidine groups is 1. The summed E-state index contributed by atoms with van der Waals surface area (Å²) < 4.78 is 14.5. The molecule has 5 rings (SSSR count). The van der Waals surface area contributed by atoms with Gasteiger partial charge in [-0.15, -0.1) is 0 Å². The van der Waals surface area contributed by atoms with Crippen molar-refractivity contribution in [1.82, 2.24) is 15.1 Å². The number of benzene rings is 2. The number of hydrogen-bond donors (Lipinski definition) is 3. The van der Waals surface area contributed by atoms with E-state index < -0.39 is 6.17 Å². The van der Waals surface area contributed by atoms with Crippen LogP contribution in [0, 0.1) is 12.7 Å². The number of aromatic amines is 1. The van der Waals surface area contributed by atoms with Crippen molar-refractivity contribution in [1.29, 1.82) is 0 Å². The molecular formula is C22H24FN7. The van der Waals surface area contributed by atoms with Crippen molar-refractivity contribution in [3.8, 4) is 0 Å². The third-order valence-electron chi connectivity index (χ3n) is 5.93. The highest BCUT2D eigenvalue weighted by molar-refractivity contribution is 5.84. The molecule has 2 unspecified atom stereocenters. The lowest BCUT2D eigenvalue weighted by Gasteiger charge is -2.44. The zero-order chi connectivity index (χ0) is 20.8. The summed E-state index contributed by atoms with van der Waals surface area (Å²) in [6, 6.07) is 13.4.